The summed E-state index contributed by atoms with van der Waals surface area (Å²) in [4.78, 5) is 0. The van der Waals surface area contributed by atoms with Crippen molar-refractivity contribution in [1.82, 2.24) is 0 Å². The maximum atomic E-state index is 6.00. The third-order valence-corrected chi connectivity index (χ3v) is 3.32. The summed E-state index contributed by atoms with van der Waals surface area (Å²) in [5.74, 6) is 2.03. The van der Waals surface area contributed by atoms with Crippen LogP contribution >= 0.6 is 11.6 Å². The molecular formula is C16H18ClNO3. The number of halogens is 1. The largest absolute Gasteiger partial charge is 0.496 e. The van der Waals surface area contributed by atoms with E-state index in [1.165, 1.54) is 0 Å². The molecule has 0 aliphatic heterocycles. The third kappa shape index (κ3) is 3.80. The van der Waals surface area contributed by atoms with Gasteiger partial charge >= 0.3 is 0 Å². The van der Waals surface area contributed by atoms with Crippen molar-refractivity contribution >= 4 is 11.6 Å². The molecule has 2 rings (SSSR count). The molecule has 2 aromatic rings. The topological polar surface area (TPSA) is 53.7 Å². The van der Waals surface area contributed by atoms with Crippen molar-refractivity contribution in [2.75, 3.05) is 14.2 Å². The summed E-state index contributed by atoms with van der Waals surface area (Å²) in [6.07, 6.45) is 0. The molecule has 0 atom stereocenters. The Labute approximate surface area is 129 Å². The predicted octanol–water partition coefficient (Wildman–Crippen LogP) is 3.39. The monoisotopic (exact) mass is 307 g/mol. The predicted molar refractivity (Wildman–Crippen MR) is 83.2 cm³/mol. The summed E-state index contributed by atoms with van der Waals surface area (Å²) in [5, 5.41) is 0.639. The van der Waals surface area contributed by atoms with E-state index in [1.807, 2.05) is 30.3 Å². The van der Waals surface area contributed by atoms with Crippen LogP contribution in [0.4, 0.5) is 0 Å². The minimum Gasteiger partial charge on any atom is -0.496 e. The van der Waals surface area contributed by atoms with Crippen LogP contribution in [0.25, 0.3) is 0 Å². The van der Waals surface area contributed by atoms with Crippen LogP contribution in [0.15, 0.2) is 36.4 Å². The van der Waals surface area contributed by atoms with E-state index in [-0.39, 0.29) is 0 Å². The first-order chi connectivity index (χ1) is 10.2. The molecule has 0 aliphatic rings. The van der Waals surface area contributed by atoms with Gasteiger partial charge in [-0.05, 0) is 35.9 Å². The lowest BCUT2D eigenvalue weighted by Gasteiger charge is -2.13. The Bertz CT molecular complexity index is 616. The first kappa shape index (κ1) is 15.5. The van der Waals surface area contributed by atoms with Gasteiger partial charge in [-0.1, -0.05) is 17.7 Å². The Morgan fingerprint density at radius 1 is 0.952 bits per heavy atom. The summed E-state index contributed by atoms with van der Waals surface area (Å²) in [6, 6.07) is 11.0. The van der Waals surface area contributed by atoms with Crippen molar-refractivity contribution in [1.29, 1.82) is 0 Å². The van der Waals surface area contributed by atoms with Gasteiger partial charge in [0, 0.05) is 17.1 Å². The highest BCUT2D eigenvalue weighted by Crippen LogP contribution is 2.30. The Hall–Kier alpha value is -1.91. The van der Waals surface area contributed by atoms with Crippen molar-refractivity contribution in [2.45, 2.75) is 13.2 Å². The normalized spacial score (nSPS) is 10.3. The van der Waals surface area contributed by atoms with Crippen molar-refractivity contribution < 1.29 is 14.2 Å². The zero-order valence-electron chi connectivity index (χ0n) is 12.1. The lowest BCUT2D eigenvalue weighted by molar-refractivity contribution is 0.278. The lowest BCUT2D eigenvalue weighted by Crippen LogP contribution is -2.02. The quantitative estimate of drug-likeness (QED) is 0.888. The van der Waals surface area contributed by atoms with Gasteiger partial charge in [0.05, 0.1) is 14.2 Å². The molecule has 0 aliphatic carbocycles. The number of hydrogen-bond donors (Lipinski definition) is 1. The van der Waals surface area contributed by atoms with Crippen LogP contribution in [-0.2, 0) is 13.2 Å². The molecular weight excluding hydrogens is 290 g/mol. The van der Waals surface area contributed by atoms with E-state index in [9.17, 15) is 0 Å². The molecule has 0 saturated heterocycles. The van der Waals surface area contributed by atoms with E-state index >= 15 is 0 Å². The summed E-state index contributed by atoms with van der Waals surface area (Å²) in [5.41, 5.74) is 7.47. The zero-order chi connectivity index (χ0) is 15.2. The average Bonchev–Trinajstić information content (AvgIpc) is 2.52. The van der Waals surface area contributed by atoms with Gasteiger partial charge in [0.15, 0.2) is 11.5 Å². The van der Waals surface area contributed by atoms with Crippen LogP contribution in [0, 0.1) is 0 Å². The molecule has 2 aromatic carbocycles. The zero-order valence-corrected chi connectivity index (χ0v) is 12.8. The van der Waals surface area contributed by atoms with Gasteiger partial charge in [0.2, 0.25) is 0 Å². The van der Waals surface area contributed by atoms with E-state index in [4.69, 9.17) is 31.5 Å². The fourth-order valence-electron chi connectivity index (χ4n) is 1.97. The Morgan fingerprint density at radius 2 is 1.67 bits per heavy atom. The average molecular weight is 308 g/mol. The van der Waals surface area contributed by atoms with Gasteiger partial charge in [-0.2, -0.15) is 0 Å². The molecule has 2 N–H and O–H groups in total. The molecule has 0 saturated carbocycles. The van der Waals surface area contributed by atoms with E-state index in [0.717, 1.165) is 16.9 Å². The summed E-state index contributed by atoms with van der Waals surface area (Å²) >= 11 is 6.00. The molecule has 4 nitrogen and oxygen atoms in total. The van der Waals surface area contributed by atoms with Crippen molar-refractivity contribution in [3.63, 3.8) is 0 Å². The standard InChI is InChI=1S/C16H18ClNO3/c1-19-14-6-4-13(17)8-12(14)10-21-15-5-3-11(9-18)7-16(15)20-2/h3-8H,9-10,18H2,1-2H3. The van der Waals surface area contributed by atoms with Gasteiger partial charge in [-0.25, -0.2) is 0 Å². The second-order valence-electron chi connectivity index (χ2n) is 4.43. The fraction of sp³-hybridized carbons (Fsp3) is 0.250. The summed E-state index contributed by atoms with van der Waals surface area (Å²) in [7, 11) is 3.21. The maximum Gasteiger partial charge on any atom is 0.161 e. The molecule has 0 amide bonds. The molecule has 21 heavy (non-hydrogen) atoms. The van der Waals surface area contributed by atoms with Crippen LogP contribution in [0.5, 0.6) is 17.2 Å². The van der Waals surface area contributed by atoms with E-state index in [2.05, 4.69) is 0 Å². The molecule has 0 spiro atoms. The van der Waals surface area contributed by atoms with Crippen LogP contribution < -0.4 is 19.9 Å². The van der Waals surface area contributed by atoms with E-state index in [1.54, 1.807) is 20.3 Å². The molecule has 0 unspecified atom stereocenters. The number of rotatable bonds is 6. The van der Waals surface area contributed by atoms with Gasteiger partial charge in [-0.15, -0.1) is 0 Å². The molecule has 5 heteroatoms. The van der Waals surface area contributed by atoms with Crippen molar-refractivity contribution in [3.05, 3.63) is 52.5 Å². The number of ether oxygens (including phenoxy) is 3. The van der Waals surface area contributed by atoms with Crippen LogP contribution in [0.3, 0.4) is 0 Å². The number of benzene rings is 2. The first-order valence-electron chi connectivity index (χ1n) is 6.50. The molecule has 0 aromatic heterocycles. The third-order valence-electron chi connectivity index (χ3n) is 3.09. The smallest absolute Gasteiger partial charge is 0.161 e. The summed E-state index contributed by atoms with van der Waals surface area (Å²) in [6.45, 7) is 0.792. The molecule has 0 bridgehead atoms. The number of hydrogen-bond acceptors (Lipinski definition) is 4. The van der Waals surface area contributed by atoms with Gasteiger partial charge < -0.3 is 19.9 Å². The minimum atomic E-state index is 0.335. The second kappa shape index (κ2) is 7.20. The molecule has 0 heterocycles. The van der Waals surface area contributed by atoms with Crippen molar-refractivity contribution in [2.24, 2.45) is 5.73 Å². The molecule has 0 radical (unpaired) electrons. The maximum absolute atomic E-state index is 6.00. The van der Waals surface area contributed by atoms with E-state index < -0.39 is 0 Å². The van der Waals surface area contributed by atoms with Crippen LogP contribution in [0.2, 0.25) is 5.02 Å². The fourth-order valence-corrected chi connectivity index (χ4v) is 2.17. The molecule has 112 valence electrons. The lowest BCUT2D eigenvalue weighted by atomic mass is 10.2. The SMILES string of the molecule is COc1ccc(Cl)cc1COc1ccc(CN)cc1OC. The highest BCUT2D eigenvalue weighted by molar-refractivity contribution is 6.30. The highest BCUT2D eigenvalue weighted by Gasteiger charge is 2.09. The Kier molecular flexibility index (Phi) is 5.31. The van der Waals surface area contributed by atoms with Gasteiger partial charge in [0.25, 0.3) is 0 Å². The number of nitrogens with two attached hydrogens (primary N) is 1. The van der Waals surface area contributed by atoms with Crippen LogP contribution in [0.1, 0.15) is 11.1 Å². The Morgan fingerprint density at radius 3 is 2.33 bits per heavy atom. The second-order valence-corrected chi connectivity index (χ2v) is 4.87. The van der Waals surface area contributed by atoms with Gasteiger partial charge in [0.1, 0.15) is 12.4 Å². The number of methoxy groups -OCH3 is 2. The summed E-state index contributed by atoms with van der Waals surface area (Å²) < 4.78 is 16.4. The van der Waals surface area contributed by atoms with E-state index in [0.29, 0.717) is 29.7 Å². The minimum absolute atomic E-state index is 0.335. The molecule has 0 fully saturated rings. The highest BCUT2D eigenvalue weighted by atomic mass is 35.5. The van der Waals surface area contributed by atoms with Crippen LogP contribution in [-0.4, -0.2) is 14.2 Å². The first-order valence-corrected chi connectivity index (χ1v) is 6.88. The van der Waals surface area contributed by atoms with Gasteiger partial charge in [-0.3, -0.25) is 0 Å². The Balaban J connectivity index is 2.18. The van der Waals surface area contributed by atoms with Crippen molar-refractivity contribution in [3.8, 4) is 17.2 Å².